The molecule has 0 radical (unpaired) electrons. The van der Waals surface area contributed by atoms with Crippen molar-refractivity contribution < 1.29 is 19.1 Å². The van der Waals surface area contributed by atoms with E-state index < -0.39 is 24.5 Å². The first-order valence-electron chi connectivity index (χ1n) is 6.03. The Bertz CT molecular complexity index is 497. The molecule has 3 amide bonds. The molecule has 0 fully saturated rings. The maximum atomic E-state index is 11.4. The second kappa shape index (κ2) is 8.47. The number of nitrogens with one attached hydrogen (secondary N) is 2. The van der Waals surface area contributed by atoms with E-state index in [4.69, 9.17) is 0 Å². The summed E-state index contributed by atoms with van der Waals surface area (Å²) in [5.41, 5.74) is 0.912. The predicted molar refractivity (Wildman–Crippen MR) is 72.6 cm³/mol. The van der Waals surface area contributed by atoms with Crippen LogP contribution >= 0.6 is 0 Å². The Labute approximate surface area is 116 Å². The highest BCUT2D eigenvalue weighted by Crippen LogP contribution is 1.96. The number of esters is 1. The SMILES string of the molecule is CC=CC(=O)OCC(=O)NC(=O)NCc1ccccc1. The van der Waals surface area contributed by atoms with Crippen molar-refractivity contribution in [2.45, 2.75) is 13.5 Å². The van der Waals surface area contributed by atoms with Crippen LogP contribution < -0.4 is 10.6 Å². The van der Waals surface area contributed by atoms with Gasteiger partial charge in [0, 0.05) is 12.6 Å². The highest BCUT2D eigenvalue weighted by molar-refractivity contribution is 5.96. The molecule has 0 unspecified atom stereocenters. The molecule has 0 aliphatic carbocycles. The smallest absolute Gasteiger partial charge is 0.330 e. The van der Waals surface area contributed by atoms with Crippen LogP contribution in [-0.4, -0.2) is 24.5 Å². The van der Waals surface area contributed by atoms with Crippen molar-refractivity contribution in [2.75, 3.05) is 6.61 Å². The van der Waals surface area contributed by atoms with Gasteiger partial charge in [0.15, 0.2) is 6.61 Å². The molecule has 1 rings (SSSR count). The summed E-state index contributed by atoms with van der Waals surface area (Å²) in [7, 11) is 0. The second-order valence-corrected chi connectivity index (χ2v) is 3.82. The van der Waals surface area contributed by atoms with E-state index in [1.165, 1.54) is 12.2 Å². The van der Waals surface area contributed by atoms with Crippen molar-refractivity contribution in [2.24, 2.45) is 0 Å². The fraction of sp³-hybridized carbons (Fsp3) is 0.214. The maximum Gasteiger partial charge on any atom is 0.330 e. The van der Waals surface area contributed by atoms with Crippen LogP contribution in [0.5, 0.6) is 0 Å². The van der Waals surface area contributed by atoms with Gasteiger partial charge in [0.2, 0.25) is 0 Å². The van der Waals surface area contributed by atoms with Gasteiger partial charge in [0.25, 0.3) is 5.91 Å². The molecule has 6 heteroatoms. The van der Waals surface area contributed by atoms with Crippen LogP contribution in [0.3, 0.4) is 0 Å². The number of carbonyl (C=O) groups excluding carboxylic acids is 3. The third-order valence-electron chi connectivity index (χ3n) is 2.20. The summed E-state index contributed by atoms with van der Waals surface area (Å²) < 4.78 is 4.59. The molecule has 0 atom stereocenters. The number of imide groups is 1. The molecule has 0 saturated heterocycles. The number of allylic oxidation sites excluding steroid dienone is 1. The summed E-state index contributed by atoms with van der Waals surface area (Å²) in [4.78, 5) is 33.7. The zero-order valence-corrected chi connectivity index (χ0v) is 11.1. The first-order valence-corrected chi connectivity index (χ1v) is 6.03. The van der Waals surface area contributed by atoms with Gasteiger partial charge in [-0.1, -0.05) is 36.4 Å². The van der Waals surface area contributed by atoms with Crippen LogP contribution in [0.4, 0.5) is 4.79 Å². The Morgan fingerprint density at radius 2 is 1.90 bits per heavy atom. The molecule has 0 spiro atoms. The lowest BCUT2D eigenvalue weighted by Crippen LogP contribution is -2.41. The molecule has 106 valence electrons. The number of hydrogen-bond donors (Lipinski definition) is 2. The van der Waals surface area contributed by atoms with Gasteiger partial charge in [-0.3, -0.25) is 10.1 Å². The summed E-state index contributed by atoms with van der Waals surface area (Å²) in [5, 5.41) is 4.57. The average Bonchev–Trinajstić information content (AvgIpc) is 2.44. The first kappa shape index (κ1) is 15.4. The molecule has 1 aromatic rings. The van der Waals surface area contributed by atoms with Gasteiger partial charge < -0.3 is 10.1 Å². The summed E-state index contributed by atoms with van der Waals surface area (Å²) in [6.07, 6.45) is 2.68. The van der Waals surface area contributed by atoms with Crippen molar-refractivity contribution in [3.8, 4) is 0 Å². The predicted octanol–water partition coefficient (Wildman–Crippen LogP) is 1.13. The van der Waals surface area contributed by atoms with E-state index in [-0.39, 0.29) is 0 Å². The Hall–Kier alpha value is -2.63. The number of rotatable bonds is 5. The number of benzene rings is 1. The number of amides is 3. The molecule has 0 heterocycles. The topological polar surface area (TPSA) is 84.5 Å². The zero-order chi connectivity index (χ0) is 14.8. The number of ether oxygens (including phenoxy) is 1. The van der Waals surface area contributed by atoms with E-state index in [9.17, 15) is 14.4 Å². The molecule has 1 aromatic carbocycles. The van der Waals surface area contributed by atoms with Gasteiger partial charge >= 0.3 is 12.0 Å². The molecule has 0 aliphatic heterocycles. The van der Waals surface area contributed by atoms with Gasteiger partial charge in [-0.05, 0) is 12.5 Å². The van der Waals surface area contributed by atoms with E-state index in [0.717, 1.165) is 5.56 Å². The normalized spacial score (nSPS) is 10.1. The molecular formula is C14H16N2O4. The molecule has 0 bridgehead atoms. The van der Waals surface area contributed by atoms with Crippen LogP contribution in [0.1, 0.15) is 12.5 Å². The lowest BCUT2D eigenvalue weighted by molar-refractivity contribution is -0.143. The summed E-state index contributed by atoms with van der Waals surface area (Å²) in [6.45, 7) is 1.46. The summed E-state index contributed by atoms with van der Waals surface area (Å²) >= 11 is 0. The van der Waals surface area contributed by atoms with Gasteiger partial charge in [0.05, 0.1) is 0 Å². The van der Waals surface area contributed by atoms with E-state index in [1.807, 2.05) is 30.3 Å². The van der Waals surface area contributed by atoms with Gasteiger partial charge in [0.1, 0.15) is 0 Å². The van der Waals surface area contributed by atoms with Crippen LogP contribution in [0, 0.1) is 0 Å². The van der Waals surface area contributed by atoms with Crippen LogP contribution in [0.2, 0.25) is 0 Å². The van der Waals surface area contributed by atoms with Crippen molar-refractivity contribution >= 4 is 17.9 Å². The minimum Gasteiger partial charge on any atom is -0.452 e. The Morgan fingerprint density at radius 3 is 2.55 bits per heavy atom. The molecule has 0 aliphatic rings. The zero-order valence-electron chi connectivity index (χ0n) is 11.1. The van der Waals surface area contributed by atoms with E-state index in [0.29, 0.717) is 6.54 Å². The molecule has 0 aromatic heterocycles. The third kappa shape index (κ3) is 6.34. The molecule has 2 N–H and O–H groups in total. The monoisotopic (exact) mass is 276 g/mol. The maximum absolute atomic E-state index is 11.4. The van der Waals surface area contributed by atoms with Crippen LogP contribution in [-0.2, 0) is 20.9 Å². The Kier molecular flexibility index (Phi) is 6.53. The van der Waals surface area contributed by atoms with Crippen molar-refractivity contribution in [1.82, 2.24) is 10.6 Å². The van der Waals surface area contributed by atoms with Crippen molar-refractivity contribution in [3.63, 3.8) is 0 Å². The molecule has 6 nitrogen and oxygen atoms in total. The quantitative estimate of drug-likeness (QED) is 0.623. The van der Waals surface area contributed by atoms with Crippen LogP contribution in [0.15, 0.2) is 42.5 Å². The highest BCUT2D eigenvalue weighted by atomic mass is 16.5. The minimum absolute atomic E-state index is 0.304. The summed E-state index contributed by atoms with van der Waals surface area (Å²) in [6, 6.07) is 8.62. The highest BCUT2D eigenvalue weighted by Gasteiger charge is 2.09. The van der Waals surface area contributed by atoms with Crippen molar-refractivity contribution in [3.05, 3.63) is 48.0 Å². The number of urea groups is 1. The minimum atomic E-state index is -0.687. The van der Waals surface area contributed by atoms with E-state index >= 15 is 0 Å². The average molecular weight is 276 g/mol. The van der Waals surface area contributed by atoms with Crippen LogP contribution in [0.25, 0.3) is 0 Å². The van der Waals surface area contributed by atoms with Crippen molar-refractivity contribution in [1.29, 1.82) is 0 Å². The van der Waals surface area contributed by atoms with Gasteiger partial charge in [-0.2, -0.15) is 0 Å². The Morgan fingerprint density at radius 1 is 1.20 bits per heavy atom. The first-order chi connectivity index (χ1) is 9.61. The third-order valence-corrected chi connectivity index (χ3v) is 2.20. The van der Waals surface area contributed by atoms with E-state index in [1.54, 1.807) is 6.92 Å². The van der Waals surface area contributed by atoms with Gasteiger partial charge in [-0.15, -0.1) is 0 Å². The summed E-state index contributed by atoms with van der Waals surface area (Å²) in [5.74, 6) is -1.32. The number of carbonyl (C=O) groups is 3. The molecule has 0 saturated carbocycles. The molecular weight excluding hydrogens is 260 g/mol. The fourth-order valence-corrected chi connectivity index (χ4v) is 1.31. The number of hydrogen-bond acceptors (Lipinski definition) is 4. The standard InChI is InChI=1S/C14H16N2O4/c1-2-6-13(18)20-10-12(17)16-14(19)15-9-11-7-4-3-5-8-11/h2-8H,9-10H2,1H3,(H2,15,16,17,19). The lowest BCUT2D eigenvalue weighted by atomic mass is 10.2. The largest absolute Gasteiger partial charge is 0.452 e. The second-order valence-electron chi connectivity index (χ2n) is 3.82. The van der Waals surface area contributed by atoms with E-state index in [2.05, 4.69) is 15.4 Å². The lowest BCUT2D eigenvalue weighted by Gasteiger charge is -2.06. The molecule has 20 heavy (non-hydrogen) atoms. The fourth-order valence-electron chi connectivity index (χ4n) is 1.31. The van der Waals surface area contributed by atoms with Gasteiger partial charge in [-0.25, -0.2) is 9.59 Å². The Balaban J connectivity index is 2.25.